The second-order valence-electron chi connectivity index (χ2n) is 5.33. The summed E-state index contributed by atoms with van der Waals surface area (Å²) in [6, 6.07) is 14.6. The SMILES string of the molecule is CN[C@@H]1c2ccccc2[C@H](Cc2cccc(F)c2)C1O. The fraction of sp³-hybridized carbons (Fsp3) is 0.294. The summed E-state index contributed by atoms with van der Waals surface area (Å²) in [4.78, 5) is 0. The summed E-state index contributed by atoms with van der Waals surface area (Å²) in [5.74, 6) is -0.223. The second kappa shape index (κ2) is 5.35. The lowest BCUT2D eigenvalue weighted by atomic mass is 9.92. The summed E-state index contributed by atoms with van der Waals surface area (Å²) in [7, 11) is 1.86. The largest absolute Gasteiger partial charge is 0.390 e. The third-order valence-corrected chi connectivity index (χ3v) is 4.14. The van der Waals surface area contributed by atoms with E-state index in [-0.39, 0.29) is 17.8 Å². The minimum atomic E-state index is -0.485. The molecule has 3 heteroatoms. The average Bonchev–Trinajstić information content (AvgIpc) is 2.72. The Balaban J connectivity index is 1.94. The van der Waals surface area contributed by atoms with Gasteiger partial charge in [-0.1, -0.05) is 36.4 Å². The van der Waals surface area contributed by atoms with E-state index in [2.05, 4.69) is 11.4 Å². The fourth-order valence-corrected chi connectivity index (χ4v) is 3.21. The predicted octanol–water partition coefficient (Wildman–Crippen LogP) is 2.79. The summed E-state index contributed by atoms with van der Waals surface area (Å²) >= 11 is 0. The van der Waals surface area contributed by atoms with Crippen molar-refractivity contribution in [2.45, 2.75) is 24.5 Å². The van der Waals surface area contributed by atoms with Crippen LogP contribution < -0.4 is 5.32 Å². The van der Waals surface area contributed by atoms with E-state index < -0.39 is 6.10 Å². The molecule has 0 aromatic heterocycles. The Morgan fingerprint density at radius 1 is 1.10 bits per heavy atom. The molecule has 0 heterocycles. The van der Waals surface area contributed by atoms with Gasteiger partial charge in [0.1, 0.15) is 5.82 Å². The Bertz CT molecular complexity index is 613. The van der Waals surface area contributed by atoms with E-state index in [9.17, 15) is 9.50 Å². The summed E-state index contributed by atoms with van der Waals surface area (Å²) in [5.41, 5.74) is 3.22. The molecule has 2 nitrogen and oxygen atoms in total. The molecule has 0 saturated carbocycles. The van der Waals surface area contributed by atoms with Crippen LogP contribution in [0.2, 0.25) is 0 Å². The maximum atomic E-state index is 13.3. The van der Waals surface area contributed by atoms with Gasteiger partial charge in [0, 0.05) is 5.92 Å². The number of benzene rings is 2. The molecule has 2 aromatic carbocycles. The Kier molecular flexibility index (Phi) is 3.55. The standard InChI is InChI=1S/C17H18FNO/c1-19-16-14-8-3-2-7-13(14)15(17(16)20)10-11-5-4-6-12(18)9-11/h2-9,15-17,19-20H,10H2,1H3/t15-,16+,17?/m0/s1. The first-order valence-corrected chi connectivity index (χ1v) is 6.89. The van der Waals surface area contributed by atoms with Crippen LogP contribution in [-0.4, -0.2) is 18.3 Å². The molecule has 2 aromatic rings. The average molecular weight is 271 g/mol. The van der Waals surface area contributed by atoms with Gasteiger partial charge in [0.05, 0.1) is 12.1 Å². The molecule has 104 valence electrons. The van der Waals surface area contributed by atoms with Gasteiger partial charge in [-0.25, -0.2) is 4.39 Å². The molecular formula is C17H18FNO. The Labute approximate surface area is 118 Å². The molecule has 3 atom stereocenters. The Morgan fingerprint density at radius 2 is 1.85 bits per heavy atom. The van der Waals surface area contributed by atoms with Crippen LogP contribution in [0.5, 0.6) is 0 Å². The van der Waals surface area contributed by atoms with E-state index in [4.69, 9.17) is 0 Å². The lowest BCUT2D eigenvalue weighted by Gasteiger charge is -2.20. The highest BCUT2D eigenvalue weighted by Gasteiger charge is 2.38. The van der Waals surface area contributed by atoms with Crippen molar-refractivity contribution in [3.8, 4) is 0 Å². The van der Waals surface area contributed by atoms with E-state index in [1.54, 1.807) is 12.1 Å². The summed E-state index contributed by atoms with van der Waals surface area (Å²) in [6.45, 7) is 0. The molecule has 0 aliphatic heterocycles. The van der Waals surface area contributed by atoms with Crippen molar-refractivity contribution in [3.63, 3.8) is 0 Å². The first-order valence-electron chi connectivity index (χ1n) is 6.89. The van der Waals surface area contributed by atoms with Crippen LogP contribution in [0.3, 0.4) is 0 Å². The topological polar surface area (TPSA) is 32.3 Å². The molecule has 3 rings (SSSR count). The zero-order chi connectivity index (χ0) is 14.1. The minimum Gasteiger partial charge on any atom is -0.390 e. The van der Waals surface area contributed by atoms with E-state index in [1.807, 2.05) is 31.3 Å². The molecule has 0 saturated heterocycles. The van der Waals surface area contributed by atoms with E-state index >= 15 is 0 Å². The highest BCUT2D eigenvalue weighted by Crippen LogP contribution is 2.41. The summed E-state index contributed by atoms with van der Waals surface area (Å²) in [6.07, 6.45) is 0.161. The van der Waals surface area contributed by atoms with Gasteiger partial charge in [0.2, 0.25) is 0 Å². The van der Waals surface area contributed by atoms with Crippen LogP contribution in [0.4, 0.5) is 4.39 Å². The monoisotopic (exact) mass is 271 g/mol. The minimum absolute atomic E-state index is 0.00505. The maximum absolute atomic E-state index is 13.3. The van der Waals surface area contributed by atoms with Crippen molar-refractivity contribution in [2.75, 3.05) is 7.05 Å². The lowest BCUT2D eigenvalue weighted by molar-refractivity contribution is 0.118. The van der Waals surface area contributed by atoms with Crippen LogP contribution in [0.1, 0.15) is 28.7 Å². The van der Waals surface area contributed by atoms with Gasteiger partial charge in [-0.15, -0.1) is 0 Å². The highest BCUT2D eigenvalue weighted by molar-refractivity contribution is 5.41. The van der Waals surface area contributed by atoms with Crippen molar-refractivity contribution in [1.29, 1.82) is 0 Å². The van der Waals surface area contributed by atoms with Crippen molar-refractivity contribution < 1.29 is 9.50 Å². The van der Waals surface area contributed by atoms with Crippen molar-refractivity contribution >= 4 is 0 Å². The number of rotatable bonds is 3. The van der Waals surface area contributed by atoms with Gasteiger partial charge in [0.25, 0.3) is 0 Å². The molecule has 1 unspecified atom stereocenters. The molecule has 20 heavy (non-hydrogen) atoms. The second-order valence-corrected chi connectivity index (χ2v) is 5.33. The van der Waals surface area contributed by atoms with Gasteiger partial charge >= 0.3 is 0 Å². The summed E-state index contributed by atoms with van der Waals surface area (Å²) in [5, 5.41) is 13.7. The molecule has 2 N–H and O–H groups in total. The number of likely N-dealkylation sites (N-methyl/N-ethyl adjacent to an activating group) is 1. The molecule has 0 fully saturated rings. The highest BCUT2D eigenvalue weighted by atomic mass is 19.1. The first-order chi connectivity index (χ1) is 9.70. The van der Waals surface area contributed by atoms with Crippen LogP contribution >= 0.6 is 0 Å². The predicted molar refractivity (Wildman–Crippen MR) is 77.1 cm³/mol. The number of nitrogens with one attached hydrogen (secondary N) is 1. The van der Waals surface area contributed by atoms with E-state index in [1.165, 1.54) is 6.07 Å². The number of aliphatic hydroxyl groups is 1. The van der Waals surface area contributed by atoms with Gasteiger partial charge in [-0.3, -0.25) is 0 Å². The molecule has 1 aliphatic rings. The molecule has 0 radical (unpaired) electrons. The first kappa shape index (κ1) is 13.3. The normalized spacial score (nSPS) is 24.6. The zero-order valence-electron chi connectivity index (χ0n) is 11.4. The maximum Gasteiger partial charge on any atom is 0.123 e. The van der Waals surface area contributed by atoms with Crippen molar-refractivity contribution in [1.82, 2.24) is 5.32 Å². The van der Waals surface area contributed by atoms with Crippen LogP contribution in [-0.2, 0) is 6.42 Å². The lowest BCUT2D eigenvalue weighted by Crippen LogP contribution is -2.28. The number of aliphatic hydroxyl groups excluding tert-OH is 1. The quantitative estimate of drug-likeness (QED) is 0.899. The number of fused-ring (bicyclic) bond motifs is 1. The molecule has 1 aliphatic carbocycles. The van der Waals surface area contributed by atoms with E-state index in [0.29, 0.717) is 6.42 Å². The zero-order valence-corrected chi connectivity index (χ0v) is 11.4. The fourth-order valence-electron chi connectivity index (χ4n) is 3.21. The Morgan fingerprint density at radius 3 is 2.55 bits per heavy atom. The smallest absolute Gasteiger partial charge is 0.123 e. The number of hydrogen-bond acceptors (Lipinski definition) is 2. The molecule has 0 spiro atoms. The van der Waals surface area contributed by atoms with Crippen molar-refractivity contribution in [2.24, 2.45) is 0 Å². The van der Waals surface area contributed by atoms with Gasteiger partial charge in [0.15, 0.2) is 0 Å². The third kappa shape index (κ3) is 2.23. The van der Waals surface area contributed by atoms with E-state index in [0.717, 1.165) is 16.7 Å². The Hall–Kier alpha value is -1.71. The van der Waals surface area contributed by atoms with Gasteiger partial charge in [-0.05, 0) is 42.3 Å². The third-order valence-electron chi connectivity index (χ3n) is 4.14. The van der Waals surface area contributed by atoms with Crippen LogP contribution in [0.25, 0.3) is 0 Å². The summed E-state index contributed by atoms with van der Waals surface area (Å²) < 4.78 is 13.3. The number of halogens is 1. The molecule has 0 amide bonds. The molecule has 0 bridgehead atoms. The number of hydrogen-bond donors (Lipinski definition) is 2. The van der Waals surface area contributed by atoms with Gasteiger partial charge in [-0.2, -0.15) is 0 Å². The van der Waals surface area contributed by atoms with Crippen LogP contribution in [0, 0.1) is 5.82 Å². The van der Waals surface area contributed by atoms with Crippen LogP contribution in [0.15, 0.2) is 48.5 Å². The van der Waals surface area contributed by atoms with Crippen molar-refractivity contribution in [3.05, 3.63) is 71.0 Å². The molecular weight excluding hydrogens is 253 g/mol. The van der Waals surface area contributed by atoms with Gasteiger partial charge < -0.3 is 10.4 Å².